The minimum atomic E-state index is -2.10. The van der Waals surface area contributed by atoms with E-state index in [0.717, 1.165) is 10.4 Å². The minimum absolute atomic E-state index is 0.663. The number of rotatable bonds is 13. The molecule has 0 amide bonds. The Bertz CT molecular complexity index is 313. The Labute approximate surface area is 135 Å². The normalized spacial score (nSPS) is 12.0. The molecule has 0 spiro atoms. The second-order valence-corrected chi connectivity index (χ2v) is 20.1. The van der Waals surface area contributed by atoms with E-state index in [1.54, 1.807) is 6.26 Å². The maximum atomic E-state index is 6.13. The van der Waals surface area contributed by atoms with Gasteiger partial charge in [-0.2, -0.15) is 0 Å². The summed E-state index contributed by atoms with van der Waals surface area (Å²) in [6.07, 6.45) is 9.95. The molecule has 1 heterocycles. The molecule has 2 nitrogen and oxygen atoms in total. The fourth-order valence-electron chi connectivity index (χ4n) is 3.01. The van der Waals surface area contributed by atoms with Gasteiger partial charge in [-0.15, -0.1) is 0 Å². The molecule has 0 bridgehead atoms. The molecule has 0 aliphatic heterocycles. The SMILES string of the molecule is CCC[CH2][Sn]([CH2]CCC)([CH2]CCC)[CH2]OCc1ccco1. The second kappa shape index (κ2) is 11.6. The topological polar surface area (TPSA) is 22.4 Å². The van der Waals surface area contributed by atoms with Gasteiger partial charge in [0.25, 0.3) is 0 Å². The van der Waals surface area contributed by atoms with E-state index in [1.165, 1.54) is 51.8 Å². The van der Waals surface area contributed by atoms with Gasteiger partial charge in [0.15, 0.2) is 0 Å². The van der Waals surface area contributed by atoms with Gasteiger partial charge in [0, 0.05) is 0 Å². The average molecular weight is 401 g/mol. The molecule has 0 fully saturated rings. The van der Waals surface area contributed by atoms with E-state index in [0.29, 0.717) is 6.61 Å². The molecule has 1 rings (SSSR count). The monoisotopic (exact) mass is 402 g/mol. The third-order valence-corrected chi connectivity index (χ3v) is 18.9. The summed E-state index contributed by atoms with van der Waals surface area (Å²) in [7, 11) is 0. The van der Waals surface area contributed by atoms with Crippen LogP contribution in [0.4, 0.5) is 0 Å². The van der Waals surface area contributed by atoms with Crippen molar-refractivity contribution in [3.63, 3.8) is 0 Å². The number of hydrogen-bond acceptors (Lipinski definition) is 2. The number of furan rings is 1. The Morgan fingerprint density at radius 2 is 1.52 bits per heavy atom. The van der Waals surface area contributed by atoms with Crippen molar-refractivity contribution >= 4 is 18.4 Å². The summed E-state index contributed by atoms with van der Waals surface area (Å²) in [4.78, 5) is 0. The quantitative estimate of drug-likeness (QED) is 0.368. The van der Waals surface area contributed by atoms with Crippen molar-refractivity contribution in [2.75, 3.05) is 4.62 Å². The van der Waals surface area contributed by atoms with Crippen molar-refractivity contribution in [3.8, 4) is 0 Å². The van der Waals surface area contributed by atoms with Gasteiger partial charge in [0.05, 0.1) is 0 Å². The van der Waals surface area contributed by atoms with Crippen molar-refractivity contribution in [2.24, 2.45) is 0 Å². The van der Waals surface area contributed by atoms with Gasteiger partial charge in [-0.25, -0.2) is 0 Å². The molecule has 122 valence electrons. The third-order valence-electron chi connectivity index (χ3n) is 4.41. The molecule has 0 aliphatic rings. The molecule has 3 heteroatoms. The number of hydrogen-bond donors (Lipinski definition) is 0. The molecule has 0 saturated heterocycles. The van der Waals surface area contributed by atoms with E-state index in [4.69, 9.17) is 9.15 Å². The van der Waals surface area contributed by atoms with Crippen LogP contribution in [0.2, 0.25) is 13.3 Å². The third kappa shape index (κ3) is 7.73. The molecule has 21 heavy (non-hydrogen) atoms. The Kier molecular flexibility index (Phi) is 10.5. The number of unbranched alkanes of at least 4 members (excludes halogenated alkanes) is 3. The van der Waals surface area contributed by atoms with Crippen LogP contribution in [0.15, 0.2) is 22.8 Å². The molecule has 1 aromatic heterocycles. The van der Waals surface area contributed by atoms with Gasteiger partial charge in [-0.3, -0.25) is 0 Å². The first-order valence-corrected chi connectivity index (χ1v) is 16.9. The molecular formula is C18H34O2Sn. The van der Waals surface area contributed by atoms with Gasteiger partial charge in [0.1, 0.15) is 0 Å². The summed E-state index contributed by atoms with van der Waals surface area (Å²) in [6.45, 7) is 7.62. The van der Waals surface area contributed by atoms with Crippen LogP contribution in [0, 0.1) is 0 Å². The summed E-state index contributed by atoms with van der Waals surface area (Å²) in [5.74, 6) is 0.969. The summed E-state index contributed by atoms with van der Waals surface area (Å²) >= 11 is -2.10. The van der Waals surface area contributed by atoms with E-state index in [9.17, 15) is 0 Å². The average Bonchev–Trinajstić information content (AvgIpc) is 3.01. The van der Waals surface area contributed by atoms with Crippen LogP contribution in [0.1, 0.15) is 65.1 Å². The van der Waals surface area contributed by atoms with Gasteiger partial charge in [0.2, 0.25) is 0 Å². The van der Waals surface area contributed by atoms with Crippen molar-refractivity contribution in [2.45, 2.75) is 79.2 Å². The van der Waals surface area contributed by atoms with Crippen LogP contribution in [0.3, 0.4) is 0 Å². The molecule has 0 aliphatic carbocycles. The number of ether oxygens (including phenoxy) is 1. The second-order valence-electron chi connectivity index (χ2n) is 6.38. The van der Waals surface area contributed by atoms with Gasteiger partial charge < -0.3 is 0 Å². The van der Waals surface area contributed by atoms with Gasteiger partial charge >= 0.3 is 136 Å². The zero-order valence-electron chi connectivity index (χ0n) is 14.3. The fourth-order valence-corrected chi connectivity index (χ4v) is 17.4. The summed E-state index contributed by atoms with van der Waals surface area (Å²) in [6, 6.07) is 3.96. The van der Waals surface area contributed by atoms with Crippen molar-refractivity contribution in [1.82, 2.24) is 0 Å². The van der Waals surface area contributed by atoms with Crippen LogP contribution in [-0.2, 0) is 11.3 Å². The molecule has 0 saturated carbocycles. The van der Waals surface area contributed by atoms with Crippen molar-refractivity contribution < 1.29 is 9.15 Å². The standard InChI is InChI=1S/C6H7O2.3C4H9.Sn/c1-7-5-6-3-2-4-8-6;3*1-3-4-2;/h2-4H,1,5H2;3*1,3-4H2,2H3;. The fraction of sp³-hybridized carbons (Fsp3) is 0.778. The predicted octanol–water partition coefficient (Wildman–Crippen LogP) is 6.18. The van der Waals surface area contributed by atoms with E-state index in [-0.39, 0.29) is 0 Å². The Balaban J connectivity index is 2.56. The Hall–Kier alpha value is 0.0387. The van der Waals surface area contributed by atoms with Crippen LogP contribution in [-0.4, -0.2) is 23.0 Å². The molecular weight excluding hydrogens is 367 g/mol. The molecule has 1 aromatic rings. The summed E-state index contributed by atoms with van der Waals surface area (Å²) in [5.41, 5.74) is 0. The van der Waals surface area contributed by atoms with E-state index in [1.807, 2.05) is 12.1 Å². The first kappa shape index (κ1) is 19.1. The van der Waals surface area contributed by atoms with Crippen molar-refractivity contribution in [3.05, 3.63) is 24.2 Å². The zero-order chi connectivity index (χ0) is 15.4. The first-order chi connectivity index (χ1) is 10.3. The van der Waals surface area contributed by atoms with E-state index >= 15 is 0 Å². The maximum absolute atomic E-state index is 6.13. The van der Waals surface area contributed by atoms with Crippen LogP contribution in [0.25, 0.3) is 0 Å². The first-order valence-electron chi connectivity index (χ1n) is 8.86. The van der Waals surface area contributed by atoms with Gasteiger partial charge in [-0.05, 0) is 0 Å². The predicted molar refractivity (Wildman–Crippen MR) is 93.3 cm³/mol. The van der Waals surface area contributed by atoms with E-state index in [2.05, 4.69) is 20.8 Å². The van der Waals surface area contributed by atoms with E-state index < -0.39 is 18.4 Å². The molecule has 0 radical (unpaired) electrons. The Morgan fingerprint density at radius 1 is 0.952 bits per heavy atom. The summed E-state index contributed by atoms with van der Waals surface area (Å²) in [5, 5.41) is 0. The molecule has 0 unspecified atom stereocenters. The van der Waals surface area contributed by atoms with Gasteiger partial charge in [-0.1, -0.05) is 0 Å². The van der Waals surface area contributed by atoms with Crippen molar-refractivity contribution in [1.29, 1.82) is 0 Å². The molecule has 0 aromatic carbocycles. The van der Waals surface area contributed by atoms with Crippen LogP contribution < -0.4 is 0 Å². The van der Waals surface area contributed by atoms with Crippen LogP contribution >= 0.6 is 0 Å². The summed E-state index contributed by atoms with van der Waals surface area (Å²) < 4.78 is 17.2. The molecule has 0 atom stereocenters. The van der Waals surface area contributed by atoms with Crippen LogP contribution in [0.5, 0.6) is 0 Å². The Morgan fingerprint density at radius 3 is 1.95 bits per heavy atom. The zero-order valence-corrected chi connectivity index (χ0v) is 17.2. The molecule has 0 N–H and O–H groups in total.